The number of nitrogens with zero attached hydrogens (tertiary/aromatic N) is 1. The lowest BCUT2D eigenvalue weighted by Gasteiger charge is -2.23. The van der Waals surface area contributed by atoms with E-state index in [0.29, 0.717) is 5.56 Å². The molecule has 0 aliphatic rings. The van der Waals surface area contributed by atoms with Gasteiger partial charge in [-0.05, 0) is 30.7 Å². The minimum absolute atomic E-state index is 0.283. The molecular formula is C10H11FN2O. The lowest BCUT2D eigenvalue weighted by molar-refractivity contribution is 0.209. The van der Waals surface area contributed by atoms with Gasteiger partial charge in [0.2, 0.25) is 0 Å². The summed E-state index contributed by atoms with van der Waals surface area (Å²) < 4.78 is 12.9. The van der Waals surface area contributed by atoms with Crippen LogP contribution in [-0.4, -0.2) is 11.7 Å². The first-order chi connectivity index (χ1) is 6.51. The van der Waals surface area contributed by atoms with E-state index < -0.39 is 11.4 Å². The van der Waals surface area contributed by atoms with Crippen molar-refractivity contribution in [3.05, 3.63) is 35.1 Å². The predicted molar refractivity (Wildman–Crippen MR) is 49.7 cm³/mol. The maximum absolute atomic E-state index is 12.9. The first-order valence-electron chi connectivity index (χ1n) is 4.11. The fourth-order valence-corrected chi connectivity index (χ4v) is 1.17. The average Bonchev–Trinajstić information content (AvgIpc) is 2.18. The van der Waals surface area contributed by atoms with E-state index in [4.69, 9.17) is 16.1 Å². The lowest BCUT2D eigenvalue weighted by atomic mass is 9.90. The van der Waals surface area contributed by atoms with Gasteiger partial charge in [0.15, 0.2) is 0 Å². The molecule has 1 aromatic rings. The third kappa shape index (κ3) is 1.90. The van der Waals surface area contributed by atoms with E-state index in [2.05, 4.69) is 0 Å². The van der Waals surface area contributed by atoms with Crippen molar-refractivity contribution < 1.29 is 9.50 Å². The van der Waals surface area contributed by atoms with Crippen molar-refractivity contribution >= 4 is 0 Å². The third-order valence-corrected chi connectivity index (χ3v) is 2.05. The van der Waals surface area contributed by atoms with E-state index >= 15 is 0 Å². The molecule has 4 heteroatoms. The molecule has 1 rings (SSSR count). The Bertz CT molecular complexity index is 382. The minimum atomic E-state index is -1.09. The van der Waals surface area contributed by atoms with E-state index in [0.717, 1.165) is 0 Å². The van der Waals surface area contributed by atoms with Crippen LogP contribution in [0, 0.1) is 17.1 Å². The summed E-state index contributed by atoms with van der Waals surface area (Å²) in [5.74, 6) is -0.468. The second-order valence-corrected chi connectivity index (χ2v) is 3.38. The summed E-state index contributed by atoms with van der Waals surface area (Å²) in [7, 11) is 0. The van der Waals surface area contributed by atoms with E-state index in [1.165, 1.54) is 18.2 Å². The maximum Gasteiger partial charge on any atom is 0.123 e. The average molecular weight is 194 g/mol. The summed E-state index contributed by atoms with van der Waals surface area (Å²) in [4.78, 5) is 0. The van der Waals surface area contributed by atoms with Crippen LogP contribution in [0.1, 0.15) is 18.1 Å². The topological polar surface area (TPSA) is 70.0 Å². The van der Waals surface area contributed by atoms with Crippen molar-refractivity contribution in [1.29, 1.82) is 5.26 Å². The number of aliphatic hydroxyl groups excluding tert-OH is 1. The molecule has 3 N–H and O–H groups in total. The molecule has 0 spiro atoms. The molecule has 0 aliphatic heterocycles. The van der Waals surface area contributed by atoms with E-state index in [9.17, 15) is 4.39 Å². The summed E-state index contributed by atoms with van der Waals surface area (Å²) in [6.07, 6.45) is 0. The van der Waals surface area contributed by atoms with Gasteiger partial charge in [-0.25, -0.2) is 4.39 Å². The van der Waals surface area contributed by atoms with E-state index in [1.54, 1.807) is 6.92 Å². The molecule has 0 amide bonds. The highest BCUT2D eigenvalue weighted by Crippen LogP contribution is 2.22. The molecule has 0 heterocycles. The van der Waals surface area contributed by atoms with Gasteiger partial charge in [-0.3, -0.25) is 0 Å². The quantitative estimate of drug-likeness (QED) is 0.733. The first kappa shape index (κ1) is 10.6. The highest BCUT2D eigenvalue weighted by Gasteiger charge is 2.23. The number of benzene rings is 1. The molecule has 0 saturated carbocycles. The zero-order valence-electron chi connectivity index (χ0n) is 7.79. The van der Waals surface area contributed by atoms with E-state index in [1.807, 2.05) is 6.07 Å². The van der Waals surface area contributed by atoms with Crippen molar-refractivity contribution in [3.8, 4) is 6.07 Å². The largest absolute Gasteiger partial charge is 0.394 e. The molecule has 14 heavy (non-hydrogen) atoms. The summed E-state index contributed by atoms with van der Waals surface area (Å²) in [5, 5.41) is 17.8. The Morgan fingerprint density at radius 3 is 2.79 bits per heavy atom. The van der Waals surface area contributed by atoms with Crippen LogP contribution in [0.5, 0.6) is 0 Å². The van der Waals surface area contributed by atoms with Crippen LogP contribution in [0.15, 0.2) is 18.2 Å². The molecule has 0 aliphatic carbocycles. The maximum atomic E-state index is 12.9. The number of aliphatic hydroxyl groups is 1. The standard InChI is InChI=1S/C10H11FN2O/c1-10(13,6-14)9-4-8(11)3-2-7(9)5-12/h2-4,14H,6,13H2,1H3/t10-/m0/s1. The number of nitriles is 1. The molecular weight excluding hydrogens is 183 g/mol. The Morgan fingerprint density at radius 1 is 1.64 bits per heavy atom. The second-order valence-electron chi connectivity index (χ2n) is 3.38. The van der Waals surface area contributed by atoms with Crippen molar-refractivity contribution in [2.45, 2.75) is 12.5 Å². The summed E-state index contributed by atoms with van der Waals surface area (Å²) in [6.45, 7) is 1.20. The van der Waals surface area contributed by atoms with Crippen molar-refractivity contribution in [3.63, 3.8) is 0 Å². The Morgan fingerprint density at radius 2 is 2.29 bits per heavy atom. The second kappa shape index (κ2) is 3.74. The van der Waals surface area contributed by atoms with Crippen LogP contribution in [-0.2, 0) is 5.54 Å². The SMILES string of the molecule is C[C@](N)(CO)c1cc(F)ccc1C#N. The minimum Gasteiger partial charge on any atom is -0.394 e. The highest BCUT2D eigenvalue weighted by atomic mass is 19.1. The van der Waals surface area contributed by atoms with Crippen LogP contribution in [0.25, 0.3) is 0 Å². The molecule has 1 aromatic carbocycles. The monoisotopic (exact) mass is 194 g/mol. The van der Waals surface area contributed by atoms with Crippen LogP contribution < -0.4 is 5.73 Å². The van der Waals surface area contributed by atoms with Gasteiger partial charge in [0.05, 0.1) is 23.8 Å². The van der Waals surface area contributed by atoms with Crippen LogP contribution >= 0.6 is 0 Å². The van der Waals surface area contributed by atoms with Gasteiger partial charge in [0, 0.05) is 0 Å². The smallest absolute Gasteiger partial charge is 0.123 e. The molecule has 0 aromatic heterocycles. The summed E-state index contributed by atoms with van der Waals surface area (Å²) >= 11 is 0. The summed E-state index contributed by atoms with van der Waals surface area (Å²) in [6, 6.07) is 5.62. The van der Waals surface area contributed by atoms with Gasteiger partial charge in [-0.15, -0.1) is 0 Å². The van der Waals surface area contributed by atoms with Gasteiger partial charge >= 0.3 is 0 Å². The van der Waals surface area contributed by atoms with E-state index in [-0.39, 0.29) is 12.2 Å². The first-order valence-corrected chi connectivity index (χ1v) is 4.11. The molecule has 0 fully saturated rings. The van der Waals surface area contributed by atoms with Crippen LogP contribution in [0.3, 0.4) is 0 Å². The number of rotatable bonds is 2. The zero-order chi connectivity index (χ0) is 10.8. The Labute approximate surface area is 81.6 Å². The van der Waals surface area contributed by atoms with Gasteiger partial charge in [0.25, 0.3) is 0 Å². The Hall–Kier alpha value is -1.44. The fraction of sp³-hybridized carbons (Fsp3) is 0.300. The highest BCUT2D eigenvalue weighted by molar-refractivity contribution is 5.41. The molecule has 0 bridgehead atoms. The van der Waals surface area contributed by atoms with Crippen molar-refractivity contribution in [2.75, 3.05) is 6.61 Å². The molecule has 74 valence electrons. The van der Waals surface area contributed by atoms with Crippen molar-refractivity contribution in [1.82, 2.24) is 0 Å². The van der Waals surface area contributed by atoms with Crippen LogP contribution in [0.4, 0.5) is 4.39 Å². The number of hydrogen-bond donors (Lipinski definition) is 2. The van der Waals surface area contributed by atoms with Gasteiger partial charge < -0.3 is 10.8 Å². The van der Waals surface area contributed by atoms with Gasteiger partial charge in [-0.2, -0.15) is 5.26 Å². The molecule has 0 radical (unpaired) electrons. The number of nitrogens with two attached hydrogens (primary N) is 1. The lowest BCUT2D eigenvalue weighted by Crippen LogP contribution is -2.37. The number of hydrogen-bond acceptors (Lipinski definition) is 3. The molecule has 3 nitrogen and oxygen atoms in total. The van der Waals surface area contributed by atoms with Gasteiger partial charge in [0.1, 0.15) is 5.82 Å². The fourth-order valence-electron chi connectivity index (χ4n) is 1.17. The third-order valence-electron chi connectivity index (χ3n) is 2.05. The molecule has 0 saturated heterocycles. The summed E-state index contributed by atoms with van der Waals surface area (Å²) in [5.41, 5.74) is 5.23. The number of halogens is 1. The molecule has 1 atom stereocenters. The Kier molecular flexibility index (Phi) is 2.84. The molecule has 0 unspecified atom stereocenters. The van der Waals surface area contributed by atoms with Crippen LogP contribution in [0.2, 0.25) is 0 Å². The predicted octanol–water partition coefficient (Wildman–Crippen LogP) is 0.864. The Balaban J connectivity index is 3.32. The van der Waals surface area contributed by atoms with Gasteiger partial charge in [-0.1, -0.05) is 0 Å². The zero-order valence-corrected chi connectivity index (χ0v) is 7.79. The normalized spacial score (nSPS) is 14.5. The van der Waals surface area contributed by atoms with Crippen molar-refractivity contribution in [2.24, 2.45) is 5.73 Å².